The van der Waals surface area contributed by atoms with Crippen LogP contribution in [0.3, 0.4) is 0 Å². The lowest BCUT2D eigenvalue weighted by Crippen LogP contribution is -2.54. The Labute approximate surface area is 190 Å². The van der Waals surface area contributed by atoms with Crippen molar-refractivity contribution in [2.75, 3.05) is 18.0 Å². The molecule has 3 aromatic rings. The molecule has 2 aromatic carbocycles. The molecule has 2 heterocycles. The van der Waals surface area contributed by atoms with Gasteiger partial charge in [-0.15, -0.1) is 0 Å². The molecule has 0 saturated carbocycles. The maximum Gasteiger partial charge on any atom is 0.195 e. The fourth-order valence-corrected chi connectivity index (χ4v) is 5.87. The number of benzene rings is 2. The average molecular weight is 477 g/mol. The minimum atomic E-state index is -0.370. The molecule has 0 unspecified atom stereocenters. The van der Waals surface area contributed by atoms with Crippen LogP contribution >= 0.6 is 15.9 Å². The number of fused-ring (bicyclic) bond motifs is 4. The van der Waals surface area contributed by atoms with E-state index in [-0.39, 0.29) is 11.2 Å². The molecule has 0 radical (unpaired) electrons. The fraction of sp³-hybridized carbons (Fsp3) is 0.360. The fourth-order valence-electron chi connectivity index (χ4n) is 5.27. The van der Waals surface area contributed by atoms with E-state index >= 15 is 0 Å². The SMILES string of the molecule is C[C@@H]1CN(c2cc3c(cc2Br)C(=O)c2c([nH]c4cc(C#N)ccc24)C3(C)C)C[C@H](C)N1. The second kappa shape index (κ2) is 6.94. The quantitative estimate of drug-likeness (QED) is 0.525. The van der Waals surface area contributed by atoms with E-state index in [9.17, 15) is 10.1 Å². The van der Waals surface area contributed by atoms with Gasteiger partial charge in [0, 0.05) is 57.2 Å². The van der Waals surface area contributed by atoms with Gasteiger partial charge in [0.15, 0.2) is 5.78 Å². The maximum atomic E-state index is 13.6. The second-order valence-electron chi connectivity index (χ2n) is 9.42. The molecule has 31 heavy (non-hydrogen) atoms. The molecule has 0 spiro atoms. The van der Waals surface area contributed by atoms with E-state index in [1.165, 1.54) is 0 Å². The number of carbonyl (C=O) groups excluding carboxylic acids is 1. The number of aromatic amines is 1. The van der Waals surface area contributed by atoms with Crippen LogP contribution < -0.4 is 10.2 Å². The largest absolute Gasteiger partial charge is 0.368 e. The van der Waals surface area contributed by atoms with Gasteiger partial charge in [0.1, 0.15) is 0 Å². The van der Waals surface area contributed by atoms with Crippen LogP contribution in [0.4, 0.5) is 5.69 Å². The zero-order valence-electron chi connectivity index (χ0n) is 18.1. The van der Waals surface area contributed by atoms with Crippen LogP contribution in [0.1, 0.15) is 60.4 Å². The van der Waals surface area contributed by atoms with E-state index in [0.717, 1.165) is 56.5 Å². The van der Waals surface area contributed by atoms with Gasteiger partial charge in [0.2, 0.25) is 0 Å². The number of H-pyrrole nitrogens is 1. The number of rotatable bonds is 1. The number of hydrogen-bond donors (Lipinski definition) is 2. The van der Waals surface area contributed by atoms with Crippen molar-refractivity contribution in [3.05, 3.63) is 62.8 Å². The molecule has 1 aliphatic heterocycles. The number of nitrogens with one attached hydrogen (secondary N) is 2. The number of halogens is 1. The van der Waals surface area contributed by atoms with E-state index < -0.39 is 0 Å². The van der Waals surface area contributed by atoms with Crippen molar-refractivity contribution in [3.63, 3.8) is 0 Å². The summed E-state index contributed by atoms with van der Waals surface area (Å²) in [6, 6.07) is 12.7. The molecule has 2 N–H and O–H groups in total. The van der Waals surface area contributed by atoms with Gasteiger partial charge in [-0.2, -0.15) is 5.26 Å². The van der Waals surface area contributed by atoms with Gasteiger partial charge in [-0.3, -0.25) is 4.79 Å². The Balaban J connectivity index is 1.69. The Bertz CT molecular complexity index is 1270. The van der Waals surface area contributed by atoms with Crippen molar-refractivity contribution in [1.82, 2.24) is 10.3 Å². The summed E-state index contributed by atoms with van der Waals surface area (Å²) in [4.78, 5) is 19.5. The predicted molar refractivity (Wildman–Crippen MR) is 127 cm³/mol. The number of aromatic nitrogens is 1. The Morgan fingerprint density at radius 3 is 2.55 bits per heavy atom. The van der Waals surface area contributed by atoms with Gasteiger partial charge in [-0.1, -0.05) is 19.9 Å². The van der Waals surface area contributed by atoms with E-state index in [4.69, 9.17) is 0 Å². The Kier molecular flexibility index (Phi) is 4.55. The van der Waals surface area contributed by atoms with Crippen LogP contribution in [0.15, 0.2) is 34.8 Å². The van der Waals surface area contributed by atoms with Gasteiger partial charge in [0.25, 0.3) is 0 Å². The molecule has 158 valence electrons. The van der Waals surface area contributed by atoms with Gasteiger partial charge < -0.3 is 15.2 Å². The highest BCUT2D eigenvalue weighted by Crippen LogP contribution is 2.46. The van der Waals surface area contributed by atoms with Gasteiger partial charge in [0.05, 0.1) is 22.9 Å². The molecule has 1 aromatic heterocycles. The van der Waals surface area contributed by atoms with Crippen molar-refractivity contribution in [1.29, 1.82) is 5.26 Å². The standard InChI is InChI=1S/C25H25BrN4O/c1-13-11-30(12-14(2)28-13)21-9-18-17(8-19(21)26)23(31)22-16-6-5-15(10-27)7-20(16)29-24(22)25(18,3)4/h5-9,13-14,28-29H,11-12H2,1-4H3/t13-,14+. The lowest BCUT2D eigenvalue weighted by Gasteiger charge is -2.40. The maximum absolute atomic E-state index is 13.6. The number of carbonyl (C=O) groups is 1. The van der Waals surface area contributed by atoms with Crippen LogP contribution in [-0.2, 0) is 5.41 Å². The topological polar surface area (TPSA) is 71.9 Å². The highest BCUT2D eigenvalue weighted by atomic mass is 79.9. The summed E-state index contributed by atoms with van der Waals surface area (Å²) >= 11 is 3.76. The first-order valence-corrected chi connectivity index (χ1v) is 11.5. The van der Waals surface area contributed by atoms with Gasteiger partial charge in [-0.25, -0.2) is 0 Å². The molecule has 1 fully saturated rings. The van der Waals surface area contributed by atoms with Gasteiger partial charge >= 0.3 is 0 Å². The summed E-state index contributed by atoms with van der Waals surface area (Å²) < 4.78 is 0.951. The first-order chi connectivity index (χ1) is 14.7. The highest BCUT2D eigenvalue weighted by Gasteiger charge is 2.40. The van der Waals surface area contributed by atoms with E-state index in [0.29, 0.717) is 17.6 Å². The minimum absolute atomic E-state index is 0.0366. The second-order valence-corrected chi connectivity index (χ2v) is 10.3. The molecule has 6 heteroatoms. The average Bonchev–Trinajstić information content (AvgIpc) is 3.11. The van der Waals surface area contributed by atoms with Crippen molar-refractivity contribution in [2.24, 2.45) is 0 Å². The summed E-state index contributed by atoms with van der Waals surface area (Å²) in [6.45, 7) is 10.6. The Hall–Kier alpha value is -2.62. The number of hydrogen-bond acceptors (Lipinski definition) is 4. The first kappa shape index (κ1) is 20.3. The van der Waals surface area contributed by atoms with Crippen LogP contribution in [0.2, 0.25) is 0 Å². The predicted octanol–water partition coefficient (Wildman–Crippen LogP) is 4.86. The van der Waals surface area contributed by atoms with Gasteiger partial charge in [-0.05, 0) is 59.6 Å². The van der Waals surface area contributed by atoms with Crippen LogP contribution in [0.25, 0.3) is 10.9 Å². The Morgan fingerprint density at radius 2 is 1.87 bits per heavy atom. The molecule has 1 aliphatic carbocycles. The minimum Gasteiger partial charge on any atom is -0.368 e. The van der Waals surface area contributed by atoms with Crippen molar-refractivity contribution in [2.45, 2.75) is 45.2 Å². The number of nitriles is 1. The molecule has 5 rings (SSSR count). The van der Waals surface area contributed by atoms with Crippen molar-refractivity contribution >= 4 is 38.3 Å². The molecule has 1 saturated heterocycles. The summed E-state index contributed by atoms with van der Waals surface area (Å²) in [5, 5.41) is 13.7. The summed E-state index contributed by atoms with van der Waals surface area (Å²) in [6.07, 6.45) is 0. The van der Waals surface area contributed by atoms with Crippen molar-refractivity contribution < 1.29 is 4.79 Å². The molecule has 0 bridgehead atoms. The number of piperazine rings is 1. The molecule has 0 amide bonds. The third kappa shape index (κ3) is 3.02. The van der Waals surface area contributed by atoms with E-state index in [1.807, 2.05) is 18.2 Å². The Morgan fingerprint density at radius 1 is 1.16 bits per heavy atom. The zero-order valence-corrected chi connectivity index (χ0v) is 19.7. The number of nitrogens with zero attached hydrogens (tertiary/aromatic N) is 2. The van der Waals surface area contributed by atoms with E-state index in [2.05, 4.69) is 71.0 Å². The van der Waals surface area contributed by atoms with Crippen LogP contribution in [-0.4, -0.2) is 35.9 Å². The normalized spacial score (nSPS) is 22.2. The van der Waals surface area contributed by atoms with Crippen LogP contribution in [0, 0.1) is 11.3 Å². The highest BCUT2D eigenvalue weighted by molar-refractivity contribution is 9.10. The summed E-state index contributed by atoms with van der Waals surface area (Å²) in [7, 11) is 0. The lowest BCUT2D eigenvalue weighted by molar-refractivity contribution is 0.103. The third-order valence-corrected chi connectivity index (χ3v) is 7.32. The molecular weight excluding hydrogens is 452 g/mol. The molecular formula is C25H25BrN4O. The third-order valence-electron chi connectivity index (χ3n) is 6.68. The zero-order chi connectivity index (χ0) is 22.1. The van der Waals surface area contributed by atoms with Crippen molar-refractivity contribution in [3.8, 4) is 6.07 Å². The smallest absolute Gasteiger partial charge is 0.195 e. The molecule has 5 nitrogen and oxygen atoms in total. The van der Waals surface area contributed by atoms with Crippen LogP contribution in [0.5, 0.6) is 0 Å². The molecule has 2 atom stereocenters. The molecule has 2 aliphatic rings. The summed E-state index contributed by atoms with van der Waals surface area (Å²) in [5.74, 6) is 0.0366. The number of anilines is 1. The summed E-state index contributed by atoms with van der Waals surface area (Å²) in [5.41, 5.74) is 5.61. The first-order valence-electron chi connectivity index (χ1n) is 10.7. The lowest BCUT2D eigenvalue weighted by atomic mass is 9.71. The van der Waals surface area contributed by atoms with E-state index in [1.54, 1.807) is 6.07 Å². The monoisotopic (exact) mass is 476 g/mol. The number of ketones is 1.